The number of hydrogen-bond acceptors (Lipinski definition) is 4. The van der Waals surface area contributed by atoms with Gasteiger partial charge in [0.15, 0.2) is 4.96 Å². The Balaban J connectivity index is 1.60. The van der Waals surface area contributed by atoms with Gasteiger partial charge in [-0.05, 0) is 66.9 Å². The molecule has 0 saturated carbocycles. The number of aromatic nitrogens is 2. The summed E-state index contributed by atoms with van der Waals surface area (Å²) in [6.45, 7) is 4.53. The van der Waals surface area contributed by atoms with Crippen molar-refractivity contribution in [1.29, 1.82) is 0 Å². The predicted molar refractivity (Wildman–Crippen MR) is 127 cm³/mol. The summed E-state index contributed by atoms with van der Waals surface area (Å²) < 4.78 is 8.32. The molecule has 0 radical (unpaired) electrons. The van der Waals surface area contributed by atoms with Crippen molar-refractivity contribution in [3.05, 3.63) is 103 Å². The number of aryl methyl sites for hydroxylation is 2. The summed E-state index contributed by atoms with van der Waals surface area (Å²) in [5.74, 6) is 0.676. The van der Waals surface area contributed by atoms with Crippen LogP contribution in [0.2, 0.25) is 5.02 Å². The van der Waals surface area contributed by atoms with Crippen LogP contribution in [-0.4, -0.2) is 9.38 Å². The monoisotopic (exact) mass is 446 g/mol. The Morgan fingerprint density at radius 1 is 1.06 bits per heavy atom. The molecule has 0 aliphatic rings. The predicted octanol–water partition coefficient (Wildman–Crippen LogP) is 5.31. The summed E-state index contributed by atoms with van der Waals surface area (Å²) in [7, 11) is 0. The first kappa shape index (κ1) is 19.8. The zero-order chi connectivity index (χ0) is 21.5. The topological polar surface area (TPSA) is 43.6 Å². The van der Waals surface area contributed by atoms with Crippen molar-refractivity contribution < 1.29 is 4.74 Å². The number of fused-ring (bicyclic) bond motifs is 3. The summed E-state index contributed by atoms with van der Waals surface area (Å²) in [5, 5.41) is 0.587. The number of halogens is 1. The molecule has 0 fully saturated rings. The van der Waals surface area contributed by atoms with E-state index in [-0.39, 0.29) is 5.56 Å². The van der Waals surface area contributed by atoms with Crippen molar-refractivity contribution in [1.82, 2.24) is 9.38 Å². The van der Waals surface area contributed by atoms with Crippen LogP contribution in [0.25, 0.3) is 22.1 Å². The van der Waals surface area contributed by atoms with Gasteiger partial charge in [0.05, 0.1) is 15.6 Å². The molecule has 5 aromatic rings. The first-order valence-corrected chi connectivity index (χ1v) is 11.1. The molecule has 6 heteroatoms. The zero-order valence-electron chi connectivity index (χ0n) is 17.1. The molecule has 31 heavy (non-hydrogen) atoms. The van der Waals surface area contributed by atoms with Crippen LogP contribution < -0.4 is 14.8 Å². The average Bonchev–Trinajstić information content (AvgIpc) is 3.24. The van der Waals surface area contributed by atoms with Gasteiger partial charge in [-0.25, -0.2) is 9.38 Å². The maximum Gasteiger partial charge on any atom is 0.274 e. The average molecular weight is 447 g/mol. The lowest BCUT2D eigenvalue weighted by Crippen LogP contribution is -2.22. The second-order valence-corrected chi connectivity index (χ2v) is 8.97. The molecule has 2 heterocycles. The minimum absolute atomic E-state index is 0.0836. The molecule has 0 spiro atoms. The molecule has 154 valence electrons. The fraction of sp³-hybridized carbons (Fsp3) is 0.120. The highest BCUT2D eigenvalue weighted by Crippen LogP contribution is 2.25. The standard InChI is InChI=1S/C25H19ClN2O2S/c1-15-10-20-21(11-16(15)2)28-24(29)23(31-25(28)27-20)13-18-12-19(26)8-9-22(18)30-14-17-6-4-3-5-7-17/h3-13H,14H2,1-2H3/b23-13-. The molecule has 4 nitrogen and oxygen atoms in total. The first-order chi connectivity index (χ1) is 15.0. The lowest BCUT2D eigenvalue weighted by molar-refractivity contribution is 0.305. The molecule has 0 amide bonds. The van der Waals surface area contributed by atoms with Gasteiger partial charge in [-0.2, -0.15) is 0 Å². The Morgan fingerprint density at radius 2 is 1.84 bits per heavy atom. The van der Waals surface area contributed by atoms with E-state index < -0.39 is 0 Å². The molecule has 0 unspecified atom stereocenters. The Kier molecular flexibility index (Phi) is 5.00. The largest absolute Gasteiger partial charge is 0.488 e. The van der Waals surface area contributed by atoms with E-state index in [2.05, 4.69) is 11.9 Å². The van der Waals surface area contributed by atoms with Crippen molar-refractivity contribution in [2.45, 2.75) is 20.5 Å². The van der Waals surface area contributed by atoms with Crippen LogP contribution in [0.1, 0.15) is 22.3 Å². The third kappa shape index (κ3) is 3.71. The van der Waals surface area contributed by atoms with Crippen LogP contribution in [-0.2, 0) is 6.61 Å². The number of benzene rings is 3. The number of ether oxygens (including phenoxy) is 1. The van der Waals surface area contributed by atoms with E-state index in [0.29, 0.717) is 26.9 Å². The van der Waals surface area contributed by atoms with E-state index in [0.717, 1.165) is 33.3 Å². The van der Waals surface area contributed by atoms with Crippen molar-refractivity contribution in [2.24, 2.45) is 0 Å². The second-order valence-electron chi connectivity index (χ2n) is 7.53. The summed E-state index contributed by atoms with van der Waals surface area (Å²) in [6, 6.07) is 19.4. The van der Waals surface area contributed by atoms with Gasteiger partial charge in [0.1, 0.15) is 12.4 Å². The van der Waals surface area contributed by atoms with E-state index in [4.69, 9.17) is 16.3 Å². The molecular weight excluding hydrogens is 428 g/mol. The molecule has 2 aromatic heterocycles. The van der Waals surface area contributed by atoms with Gasteiger partial charge in [0.25, 0.3) is 5.56 Å². The van der Waals surface area contributed by atoms with Crippen LogP contribution in [0.4, 0.5) is 0 Å². The maximum atomic E-state index is 13.2. The van der Waals surface area contributed by atoms with Gasteiger partial charge in [-0.1, -0.05) is 53.3 Å². The van der Waals surface area contributed by atoms with Gasteiger partial charge in [0, 0.05) is 10.6 Å². The normalized spacial score (nSPS) is 12.2. The van der Waals surface area contributed by atoms with Gasteiger partial charge < -0.3 is 4.74 Å². The van der Waals surface area contributed by atoms with Crippen LogP contribution in [0, 0.1) is 13.8 Å². The molecule has 3 aromatic carbocycles. The minimum atomic E-state index is -0.0836. The van der Waals surface area contributed by atoms with Gasteiger partial charge in [-0.15, -0.1) is 0 Å². The minimum Gasteiger partial charge on any atom is -0.488 e. The Labute approximate surface area is 188 Å². The third-order valence-corrected chi connectivity index (χ3v) is 6.55. The Bertz CT molecular complexity index is 1540. The van der Waals surface area contributed by atoms with Gasteiger partial charge in [-0.3, -0.25) is 4.79 Å². The number of rotatable bonds is 4. The van der Waals surface area contributed by atoms with E-state index in [9.17, 15) is 4.79 Å². The number of imidazole rings is 1. The highest BCUT2D eigenvalue weighted by Gasteiger charge is 2.13. The third-order valence-electron chi connectivity index (χ3n) is 5.35. The zero-order valence-corrected chi connectivity index (χ0v) is 18.6. The fourth-order valence-corrected chi connectivity index (χ4v) is 4.72. The van der Waals surface area contributed by atoms with E-state index in [1.165, 1.54) is 11.3 Å². The molecule has 5 rings (SSSR count). The van der Waals surface area contributed by atoms with Crippen molar-refractivity contribution in [3.63, 3.8) is 0 Å². The molecule has 0 saturated heterocycles. The van der Waals surface area contributed by atoms with E-state index in [1.807, 2.05) is 67.6 Å². The smallest absolute Gasteiger partial charge is 0.274 e. The maximum absolute atomic E-state index is 13.2. The van der Waals surface area contributed by atoms with Crippen molar-refractivity contribution in [3.8, 4) is 5.75 Å². The Hall–Kier alpha value is -3.15. The first-order valence-electron chi connectivity index (χ1n) is 9.90. The van der Waals surface area contributed by atoms with Crippen molar-refractivity contribution >= 4 is 45.0 Å². The summed E-state index contributed by atoms with van der Waals surface area (Å²) in [5.41, 5.74) is 5.73. The van der Waals surface area contributed by atoms with Gasteiger partial charge >= 0.3 is 0 Å². The van der Waals surface area contributed by atoms with Crippen LogP contribution >= 0.6 is 22.9 Å². The summed E-state index contributed by atoms with van der Waals surface area (Å²) in [4.78, 5) is 18.6. The molecule has 0 N–H and O–H groups in total. The molecule has 0 aliphatic heterocycles. The molecule has 0 bridgehead atoms. The fourth-order valence-electron chi connectivity index (χ4n) is 3.56. The van der Waals surface area contributed by atoms with Gasteiger partial charge in [0.2, 0.25) is 0 Å². The number of hydrogen-bond donors (Lipinski definition) is 0. The van der Waals surface area contributed by atoms with Crippen LogP contribution in [0.3, 0.4) is 0 Å². The number of thiazole rings is 1. The quantitative estimate of drug-likeness (QED) is 0.376. The molecule has 0 aliphatic carbocycles. The van der Waals surface area contributed by atoms with Crippen LogP contribution in [0.5, 0.6) is 5.75 Å². The Morgan fingerprint density at radius 3 is 2.65 bits per heavy atom. The van der Waals surface area contributed by atoms with E-state index >= 15 is 0 Å². The molecular formula is C25H19ClN2O2S. The SMILES string of the molecule is Cc1cc2nc3s/c(=C\c4cc(Cl)ccc4OCc4ccccc4)c(=O)n3c2cc1C. The highest BCUT2D eigenvalue weighted by atomic mass is 35.5. The highest BCUT2D eigenvalue weighted by molar-refractivity contribution is 7.15. The second kappa shape index (κ2) is 7.84. The lowest BCUT2D eigenvalue weighted by Gasteiger charge is -2.09. The van der Waals surface area contributed by atoms with Crippen molar-refractivity contribution in [2.75, 3.05) is 0 Å². The number of nitrogens with zero attached hydrogens (tertiary/aromatic N) is 2. The summed E-state index contributed by atoms with van der Waals surface area (Å²) >= 11 is 7.61. The molecule has 0 atom stereocenters. The lowest BCUT2D eigenvalue weighted by atomic mass is 10.1. The van der Waals surface area contributed by atoms with Crippen LogP contribution in [0.15, 0.2) is 65.5 Å². The van der Waals surface area contributed by atoms with E-state index in [1.54, 1.807) is 10.5 Å². The summed E-state index contributed by atoms with van der Waals surface area (Å²) in [6.07, 6.45) is 1.83.